The Kier molecular flexibility index (Phi) is 7.06. The number of anilines is 1. The highest BCUT2D eigenvalue weighted by Crippen LogP contribution is 2.27. The number of rotatable bonds is 8. The van der Waals surface area contributed by atoms with Gasteiger partial charge >= 0.3 is 0 Å². The number of imidazole rings is 1. The maximum absolute atomic E-state index is 12.2. The summed E-state index contributed by atoms with van der Waals surface area (Å²) >= 11 is 6.28. The summed E-state index contributed by atoms with van der Waals surface area (Å²) in [6, 6.07) is 8.07. The molecular weight excluding hydrogens is 448 g/mol. The fourth-order valence-electron chi connectivity index (χ4n) is 2.42. The number of nitrogens with one attached hydrogen (secondary N) is 1. The second-order valence-corrected chi connectivity index (χ2v) is 8.42. The Morgan fingerprint density at radius 1 is 1.37 bits per heavy atom. The van der Waals surface area contributed by atoms with E-state index < -0.39 is 0 Å². The first-order valence-corrected chi connectivity index (χ1v) is 10.9. The van der Waals surface area contributed by atoms with Gasteiger partial charge in [-0.2, -0.15) is 0 Å². The average molecular weight is 467 g/mol. The lowest BCUT2D eigenvalue weighted by atomic mass is 10.2. The quantitative estimate of drug-likeness (QED) is 0.496. The lowest BCUT2D eigenvalue weighted by molar-refractivity contribution is -0.113. The maximum atomic E-state index is 12.2. The Morgan fingerprint density at radius 2 is 2.15 bits per heavy atom. The van der Waals surface area contributed by atoms with E-state index in [4.69, 9.17) is 4.74 Å². The number of halogens is 1. The molecule has 1 aromatic carbocycles. The first kappa shape index (κ1) is 20.1. The van der Waals surface area contributed by atoms with Crippen LogP contribution >= 0.6 is 39.0 Å². The van der Waals surface area contributed by atoms with Gasteiger partial charge in [0.25, 0.3) is 0 Å². The molecule has 0 saturated carbocycles. The first-order valence-electron chi connectivity index (χ1n) is 8.22. The van der Waals surface area contributed by atoms with E-state index in [0.29, 0.717) is 18.3 Å². The summed E-state index contributed by atoms with van der Waals surface area (Å²) in [6.07, 6.45) is 1.84. The van der Waals surface area contributed by atoms with Crippen molar-refractivity contribution in [2.24, 2.45) is 0 Å². The number of hydrogen-bond donors (Lipinski definition) is 1. The third-order valence-corrected chi connectivity index (χ3v) is 6.07. The van der Waals surface area contributed by atoms with Crippen molar-refractivity contribution in [2.45, 2.75) is 18.6 Å². The molecule has 0 aliphatic rings. The minimum atomic E-state index is -0.0965. The fourth-order valence-corrected chi connectivity index (χ4v) is 4.19. The number of methoxy groups -OCH3 is 1. The van der Waals surface area contributed by atoms with Gasteiger partial charge in [-0.1, -0.05) is 39.8 Å². The van der Waals surface area contributed by atoms with Gasteiger partial charge in [-0.3, -0.25) is 4.79 Å². The number of carbonyl (C=O) groups is 1. The molecular formula is C18H19BrN4O2S2. The van der Waals surface area contributed by atoms with E-state index in [9.17, 15) is 4.79 Å². The number of thioether (sulfide) groups is 1. The average Bonchev–Trinajstić information content (AvgIpc) is 3.24. The van der Waals surface area contributed by atoms with E-state index in [0.717, 1.165) is 26.6 Å². The van der Waals surface area contributed by atoms with Gasteiger partial charge < -0.3 is 14.6 Å². The summed E-state index contributed by atoms with van der Waals surface area (Å²) in [4.78, 5) is 21.0. The molecule has 0 spiro atoms. The fraction of sp³-hybridized carbons (Fsp3) is 0.278. The SMILES string of the molecule is COCCn1c(-c2ccc(Br)cc2)cnc1SCC(=O)Nc1nc(C)cs1. The molecule has 0 saturated heterocycles. The predicted octanol–water partition coefficient (Wildman–Crippen LogP) is 4.45. The third kappa shape index (κ3) is 5.41. The van der Waals surface area contributed by atoms with Crippen molar-refractivity contribution in [3.05, 3.63) is 46.0 Å². The number of carbonyl (C=O) groups excluding carboxylic acids is 1. The summed E-state index contributed by atoms with van der Waals surface area (Å²) in [5, 5.41) is 6.14. The Balaban J connectivity index is 1.72. The molecule has 6 nitrogen and oxygen atoms in total. The van der Waals surface area contributed by atoms with Gasteiger partial charge in [0.15, 0.2) is 10.3 Å². The normalized spacial score (nSPS) is 10.9. The van der Waals surface area contributed by atoms with Crippen LogP contribution in [-0.2, 0) is 16.1 Å². The van der Waals surface area contributed by atoms with Crippen LogP contribution in [0, 0.1) is 6.92 Å². The lowest BCUT2D eigenvalue weighted by Gasteiger charge is -2.11. The molecule has 142 valence electrons. The topological polar surface area (TPSA) is 69.0 Å². The zero-order valence-electron chi connectivity index (χ0n) is 14.9. The number of hydrogen-bond acceptors (Lipinski definition) is 6. The van der Waals surface area contributed by atoms with Crippen LogP contribution in [0.2, 0.25) is 0 Å². The third-order valence-electron chi connectivity index (χ3n) is 3.68. The number of aromatic nitrogens is 3. The number of ether oxygens (including phenoxy) is 1. The van der Waals surface area contributed by atoms with Crippen molar-refractivity contribution >= 4 is 50.1 Å². The molecule has 0 radical (unpaired) electrons. The number of aryl methyl sites for hydroxylation is 1. The minimum Gasteiger partial charge on any atom is -0.383 e. The summed E-state index contributed by atoms with van der Waals surface area (Å²) in [6.45, 7) is 3.13. The summed E-state index contributed by atoms with van der Waals surface area (Å²) < 4.78 is 8.34. The van der Waals surface area contributed by atoms with E-state index >= 15 is 0 Å². The molecule has 0 bridgehead atoms. The predicted molar refractivity (Wildman–Crippen MR) is 113 cm³/mol. The molecule has 1 N–H and O–H groups in total. The van der Waals surface area contributed by atoms with Crippen molar-refractivity contribution in [1.29, 1.82) is 0 Å². The lowest BCUT2D eigenvalue weighted by Crippen LogP contribution is -2.15. The Hall–Kier alpha value is -1.68. The van der Waals surface area contributed by atoms with Crippen LogP contribution < -0.4 is 5.32 Å². The molecule has 0 fully saturated rings. The van der Waals surface area contributed by atoms with E-state index in [1.165, 1.54) is 23.1 Å². The van der Waals surface area contributed by atoms with Crippen molar-refractivity contribution in [3.8, 4) is 11.3 Å². The molecule has 2 heterocycles. The Morgan fingerprint density at radius 3 is 2.81 bits per heavy atom. The van der Waals surface area contributed by atoms with E-state index in [1.807, 2.05) is 42.8 Å². The van der Waals surface area contributed by atoms with Gasteiger partial charge in [0, 0.05) is 23.5 Å². The monoisotopic (exact) mass is 466 g/mol. The molecule has 0 aliphatic carbocycles. The summed E-state index contributed by atoms with van der Waals surface area (Å²) in [7, 11) is 1.67. The highest BCUT2D eigenvalue weighted by molar-refractivity contribution is 9.10. The van der Waals surface area contributed by atoms with Crippen LogP contribution in [-0.4, -0.2) is 39.9 Å². The van der Waals surface area contributed by atoms with Crippen molar-refractivity contribution in [1.82, 2.24) is 14.5 Å². The molecule has 0 atom stereocenters. The molecule has 2 aromatic heterocycles. The van der Waals surface area contributed by atoms with Gasteiger partial charge in [0.2, 0.25) is 5.91 Å². The van der Waals surface area contributed by atoms with Crippen LogP contribution in [0.1, 0.15) is 5.69 Å². The summed E-state index contributed by atoms with van der Waals surface area (Å²) in [5.74, 6) is 0.170. The Labute approximate surface area is 174 Å². The number of amides is 1. The van der Waals surface area contributed by atoms with Crippen LogP contribution in [0.15, 0.2) is 45.5 Å². The van der Waals surface area contributed by atoms with Crippen molar-refractivity contribution in [2.75, 3.05) is 24.8 Å². The smallest absolute Gasteiger partial charge is 0.236 e. The minimum absolute atomic E-state index is 0.0965. The van der Waals surface area contributed by atoms with Gasteiger partial charge in [0.05, 0.1) is 29.9 Å². The molecule has 27 heavy (non-hydrogen) atoms. The van der Waals surface area contributed by atoms with Crippen LogP contribution in [0.3, 0.4) is 0 Å². The molecule has 9 heteroatoms. The Bertz CT molecular complexity index is 908. The first-order chi connectivity index (χ1) is 13.1. The molecule has 0 aliphatic heterocycles. The molecule has 3 rings (SSSR count). The van der Waals surface area contributed by atoms with Crippen molar-refractivity contribution < 1.29 is 9.53 Å². The standard InChI is InChI=1S/C18H19BrN4O2S2/c1-12-10-26-17(21-12)22-16(24)11-27-18-20-9-15(23(18)7-8-25-2)13-3-5-14(19)6-4-13/h3-6,9-10H,7-8,11H2,1-2H3,(H,21,22,24). The van der Waals surface area contributed by atoms with E-state index in [1.54, 1.807) is 7.11 Å². The van der Waals surface area contributed by atoms with Crippen molar-refractivity contribution in [3.63, 3.8) is 0 Å². The van der Waals surface area contributed by atoms with Gasteiger partial charge in [-0.05, 0) is 24.6 Å². The van der Waals surface area contributed by atoms with Crippen LogP contribution in [0.4, 0.5) is 5.13 Å². The van der Waals surface area contributed by atoms with E-state index in [2.05, 4.69) is 35.8 Å². The highest BCUT2D eigenvalue weighted by Gasteiger charge is 2.14. The van der Waals surface area contributed by atoms with Gasteiger partial charge in [-0.25, -0.2) is 9.97 Å². The summed E-state index contributed by atoms with van der Waals surface area (Å²) in [5.41, 5.74) is 2.96. The van der Waals surface area contributed by atoms with Gasteiger partial charge in [0.1, 0.15) is 0 Å². The second-order valence-electron chi connectivity index (χ2n) is 5.71. The molecule has 0 unspecified atom stereocenters. The van der Waals surface area contributed by atoms with Crippen LogP contribution in [0.5, 0.6) is 0 Å². The zero-order valence-corrected chi connectivity index (χ0v) is 18.2. The van der Waals surface area contributed by atoms with E-state index in [-0.39, 0.29) is 11.7 Å². The maximum Gasteiger partial charge on any atom is 0.236 e. The zero-order chi connectivity index (χ0) is 19.2. The molecule has 3 aromatic rings. The number of benzene rings is 1. The highest BCUT2D eigenvalue weighted by atomic mass is 79.9. The molecule has 1 amide bonds. The number of thiazole rings is 1. The number of nitrogens with zero attached hydrogens (tertiary/aromatic N) is 3. The van der Waals surface area contributed by atoms with Gasteiger partial charge in [-0.15, -0.1) is 11.3 Å². The van der Waals surface area contributed by atoms with Crippen LogP contribution in [0.25, 0.3) is 11.3 Å². The second kappa shape index (κ2) is 9.50. The largest absolute Gasteiger partial charge is 0.383 e.